The number of carbonyl (C=O) groups excluding carboxylic acids is 1. The van der Waals surface area contributed by atoms with Gasteiger partial charge in [-0.05, 0) is 48.4 Å². The number of aromatic nitrogens is 2. The number of ether oxygens (including phenoxy) is 1. The molecule has 0 N–H and O–H groups in total. The van der Waals surface area contributed by atoms with Crippen molar-refractivity contribution in [1.82, 2.24) is 19.4 Å². The van der Waals surface area contributed by atoms with Gasteiger partial charge in [0.05, 0.1) is 12.1 Å². The molecule has 1 amide bonds. The van der Waals surface area contributed by atoms with Crippen molar-refractivity contribution in [2.24, 2.45) is 13.0 Å². The van der Waals surface area contributed by atoms with Crippen LogP contribution < -0.4 is 10.3 Å². The first kappa shape index (κ1) is 24.5. The lowest BCUT2D eigenvalue weighted by atomic mass is 10.2. The molecular weight excluding hydrogens is 416 g/mol. The van der Waals surface area contributed by atoms with E-state index in [4.69, 9.17) is 4.74 Å². The molecule has 0 atom stereocenters. The summed E-state index contributed by atoms with van der Waals surface area (Å²) in [5.41, 5.74) is 2.06. The van der Waals surface area contributed by atoms with Gasteiger partial charge < -0.3 is 14.2 Å². The van der Waals surface area contributed by atoms with E-state index < -0.39 is 0 Å². The van der Waals surface area contributed by atoms with Crippen LogP contribution in [0.25, 0.3) is 10.9 Å². The third-order valence-corrected chi connectivity index (χ3v) is 5.76. The highest BCUT2D eigenvalue weighted by molar-refractivity contribution is 5.80. The molecule has 176 valence electrons. The van der Waals surface area contributed by atoms with Crippen LogP contribution in [0.3, 0.4) is 0 Å². The molecule has 0 saturated heterocycles. The van der Waals surface area contributed by atoms with Gasteiger partial charge in [0.25, 0.3) is 5.56 Å². The van der Waals surface area contributed by atoms with E-state index in [-0.39, 0.29) is 17.4 Å². The van der Waals surface area contributed by atoms with Gasteiger partial charge in [0.1, 0.15) is 5.75 Å². The van der Waals surface area contributed by atoms with Gasteiger partial charge in [0.2, 0.25) is 5.91 Å². The zero-order valence-electron chi connectivity index (χ0n) is 20.0. The monoisotopic (exact) mass is 450 g/mol. The van der Waals surface area contributed by atoms with Crippen molar-refractivity contribution in [1.29, 1.82) is 0 Å². The van der Waals surface area contributed by atoms with E-state index in [1.54, 1.807) is 30.1 Å². The van der Waals surface area contributed by atoms with Gasteiger partial charge in [-0.1, -0.05) is 13.8 Å². The summed E-state index contributed by atoms with van der Waals surface area (Å²) in [6.45, 7) is 7.58. The van der Waals surface area contributed by atoms with Gasteiger partial charge in [-0.2, -0.15) is 0 Å². The molecule has 2 aromatic heterocycles. The van der Waals surface area contributed by atoms with Crippen molar-refractivity contribution in [3.63, 3.8) is 0 Å². The van der Waals surface area contributed by atoms with Crippen LogP contribution in [0.4, 0.5) is 0 Å². The van der Waals surface area contributed by atoms with Gasteiger partial charge in [-0.15, -0.1) is 0 Å². The molecule has 0 fully saturated rings. The number of aryl methyl sites for hydroxylation is 1. The average molecular weight is 451 g/mol. The Morgan fingerprint density at radius 3 is 2.55 bits per heavy atom. The SMILES string of the molecule is CC(C)C(=O)N(C)CCN(CCCOc1ccc2c(ccc(=O)n2C)c1)Cc1ccncc1. The molecule has 1 aromatic carbocycles. The number of hydrogen-bond acceptors (Lipinski definition) is 5. The molecule has 0 radical (unpaired) electrons. The Hall–Kier alpha value is -3.19. The summed E-state index contributed by atoms with van der Waals surface area (Å²) in [5, 5.41) is 0.978. The van der Waals surface area contributed by atoms with Crippen molar-refractivity contribution in [3.05, 3.63) is 70.8 Å². The lowest BCUT2D eigenvalue weighted by Crippen LogP contribution is -2.38. The summed E-state index contributed by atoms with van der Waals surface area (Å²) in [7, 11) is 3.64. The molecule has 0 aliphatic carbocycles. The zero-order chi connectivity index (χ0) is 23.8. The summed E-state index contributed by atoms with van der Waals surface area (Å²) < 4.78 is 7.63. The first-order valence-electron chi connectivity index (χ1n) is 11.4. The Labute approximate surface area is 195 Å². The highest BCUT2D eigenvalue weighted by Gasteiger charge is 2.14. The van der Waals surface area contributed by atoms with Crippen LogP contribution in [0.1, 0.15) is 25.8 Å². The zero-order valence-corrected chi connectivity index (χ0v) is 20.0. The van der Waals surface area contributed by atoms with E-state index in [2.05, 4.69) is 9.88 Å². The second kappa shape index (κ2) is 11.6. The number of fused-ring (bicyclic) bond motifs is 1. The molecule has 3 rings (SSSR count). The maximum Gasteiger partial charge on any atom is 0.250 e. The Morgan fingerprint density at radius 2 is 1.82 bits per heavy atom. The van der Waals surface area contributed by atoms with Crippen molar-refractivity contribution in [2.75, 3.05) is 33.3 Å². The summed E-state index contributed by atoms with van der Waals surface area (Å²) in [4.78, 5) is 32.3. The van der Waals surface area contributed by atoms with E-state index in [1.165, 1.54) is 5.56 Å². The number of nitrogens with zero attached hydrogens (tertiary/aromatic N) is 4. The number of pyridine rings is 2. The van der Waals surface area contributed by atoms with Gasteiger partial charge in [0.15, 0.2) is 0 Å². The number of hydrogen-bond donors (Lipinski definition) is 0. The van der Waals surface area contributed by atoms with Crippen LogP contribution in [-0.2, 0) is 18.4 Å². The van der Waals surface area contributed by atoms with Crippen LogP contribution in [0.2, 0.25) is 0 Å². The molecule has 2 heterocycles. The predicted octanol–water partition coefficient (Wildman–Crippen LogP) is 3.32. The van der Waals surface area contributed by atoms with Crippen LogP contribution in [-0.4, -0.2) is 58.5 Å². The molecular formula is C26H34N4O3. The molecule has 0 aliphatic rings. The number of carbonyl (C=O) groups is 1. The maximum absolute atomic E-state index is 12.2. The Kier molecular flexibility index (Phi) is 8.60. The second-order valence-electron chi connectivity index (χ2n) is 8.70. The van der Waals surface area contributed by atoms with E-state index >= 15 is 0 Å². The molecule has 7 nitrogen and oxygen atoms in total. The smallest absolute Gasteiger partial charge is 0.250 e. The Bertz CT molecular complexity index is 1110. The van der Waals surface area contributed by atoms with Crippen molar-refractivity contribution in [3.8, 4) is 5.75 Å². The quantitative estimate of drug-likeness (QED) is 0.419. The fourth-order valence-electron chi connectivity index (χ4n) is 3.79. The average Bonchev–Trinajstić information content (AvgIpc) is 2.82. The van der Waals surface area contributed by atoms with E-state index in [0.717, 1.165) is 42.7 Å². The van der Waals surface area contributed by atoms with Crippen molar-refractivity contribution in [2.45, 2.75) is 26.8 Å². The molecule has 3 aromatic rings. The molecule has 33 heavy (non-hydrogen) atoms. The first-order valence-corrected chi connectivity index (χ1v) is 11.4. The van der Waals surface area contributed by atoms with Crippen LogP contribution >= 0.6 is 0 Å². The molecule has 0 saturated carbocycles. The Morgan fingerprint density at radius 1 is 1.06 bits per heavy atom. The van der Waals surface area contributed by atoms with E-state index in [0.29, 0.717) is 13.2 Å². The standard InChI is InChI=1S/C26H34N4O3/c1-20(2)26(32)28(3)15-16-30(19-21-10-12-27-13-11-21)14-5-17-33-23-7-8-24-22(18-23)6-9-25(31)29(24)4/h6-13,18,20H,5,14-17,19H2,1-4H3. The molecule has 0 spiro atoms. The van der Waals surface area contributed by atoms with Gasteiger partial charge in [0, 0.05) is 70.0 Å². The van der Waals surface area contributed by atoms with Crippen LogP contribution in [0.5, 0.6) is 5.75 Å². The van der Waals surface area contributed by atoms with Crippen LogP contribution in [0.15, 0.2) is 59.7 Å². The lowest BCUT2D eigenvalue weighted by molar-refractivity contribution is -0.133. The lowest BCUT2D eigenvalue weighted by Gasteiger charge is -2.26. The maximum atomic E-state index is 12.2. The number of likely N-dealkylation sites (N-methyl/N-ethyl adjacent to an activating group) is 1. The summed E-state index contributed by atoms with van der Waals surface area (Å²) in [5.74, 6) is 0.960. The topological polar surface area (TPSA) is 67.7 Å². The number of amides is 1. The first-order chi connectivity index (χ1) is 15.8. The highest BCUT2D eigenvalue weighted by atomic mass is 16.5. The number of rotatable bonds is 11. The van der Waals surface area contributed by atoms with E-state index in [9.17, 15) is 9.59 Å². The molecule has 0 unspecified atom stereocenters. The fourth-order valence-corrected chi connectivity index (χ4v) is 3.79. The fraction of sp³-hybridized carbons (Fsp3) is 0.423. The minimum atomic E-state index is -0.0220. The van der Waals surface area contributed by atoms with E-state index in [1.807, 2.05) is 62.2 Å². The minimum absolute atomic E-state index is 0.00131. The number of benzene rings is 1. The summed E-state index contributed by atoms with van der Waals surface area (Å²) in [6, 6.07) is 13.2. The summed E-state index contributed by atoms with van der Waals surface area (Å²) in [6.07, 6.45) is 4.47. The molecule has 7 heteroatoms. The second-order valence-corrected chi connectivity index (χ2v) is 8.70. The van der Waals surface area contributed by atoms with Crippen molar-refractivity contribution < 1.29 is 9.53 Å². The van der Waals surface area contributed by atoms with Gasteiger partial charge in [-0.25, -0.2) is 0 Å². The normalized spacial score (nSPS) is 11.3. The van der Waals surface area contributed by atoms with Gasteiger partial charge >= 0.3 is 0 Å². The Balaban J connectivity index is 1.55. The third-order valence-electron chi connectivity index (χ3n) is 5.76. The summed E-state index contributed by atoms with van der Waals surface area (Å²) >= 11 is 0. The molecule has 0 aliphatic heterocycles. The van der Waals surface area contributed by atoms with Gasteiger partial charge in [-0.3, -0.25) is 19.5 Å². The third kappa shape index (κ3) is 6.89. The largest absolute Gasteiger partial charge is 0.494 e. The van der Waals surface area contributed by atoms with Crippen LogP contribution in [0, 0.1) is 5.92 Å². The van der Waals surface area contributed by atoms with Crippen molar-refractivity contribution >= 4 is 16.8 Å². The highest BCUT2D eigenvalue weighted by Crippen LogP contribution is 2.19. The predicted molar refractivity (Wildman–Crippen MR) is 131 cm³/mol. The molecule has 0 bridgehead atoms. The minimum Gasteiger partial charge on any atom is -0.494 e.